The van der Waals surface area contributed by atoms with Gasteiger partial charge in [-0.3, -0.25) is 15.0 Å². The number of nitrogens with one attached hydrogen (secondary N) is 3. The van der Waals surface area contributed by atoms with Crippen molar-refractivity contribution in [1.29, 1.82) is 0 Å². The van der Waals surface area contributed by atoms with Crippen LogP contribution in [0.1, 0.15) is 31.2 Å². The summed E-state index contributed by atoms with van der Waals surface area (Å²) in [6.07, 6.45) is -0.745. The van der Waals surface area contributed by atoms with Crippen LogP contribution in [0.15, 0.2) is 37.2 Å². The number of carbonyl (C=O) groups is 1. The molecule has 3 N–H and O–H groups in total. The maximum Gasteiger partial charge on any atom is 0.420 e. The van der Waals surface area contributed by atoms with Crippen LogP contribution in [0.3, 0.4) is 0 Å². The first-order chi connectivity index (χ1) is 21.8. The highest BCUT2D eigenvalue weighted by Crippen LogP contribution is 2.38. The number of alkyl halides is 6. The number of methoxy groups -OCH3 is 1. The molecule has 1 fully saturated rings. The third-order valence-corrected chi connectivity index (χ3v) is 7.25. The molecule has 4 aromatic heterocycles. The number of rotatable bonds is 8. The number of aromatic nitrogens is 8. The van der Waals surface area contributed by atoms with Gasteiger partial charge in [0, 0.05) is 42.4 Å². The van der Waals surface area contributed by atoms with Gasteiger partial charge >= 0.3 is 24.4 Å². The second-order valence-electron chi connectivity index (χ2n) is 10.0. The standard InChI is InChI=1S/C26H24ClF6N11O2/c1-46-23-37-6-13(7-38-23)18-10-35-19(11-34-18)44(24(45)39-12-25(28,29)30)15-4-2-14(3-5-15)41-22-36-8-16(26(31,32)33)20(42-22)21-17(27)9-40-43-21/h6-11,14-15H,2-5,12H2,1H3,(H,39,45)(H,40,43)(H,36,41,42)/t14-,15-. The Morgan fingerprint density at radius 3 is 2.26 bits per heavy atom. The first-order valence-corrected chi connectivity index (χ1v) is 13.9. The van der Waals surface area contributed by atoms with E-state index in [1.165, 1.54) is 38.1 Å². The van der Waals surface area contributed by atoms with Crippen LogP contribution in [0.4, 0.5) is 42.9 Å². The topological polar surface area (TPSA) is 160 Å². The van der Waals surface area contributed by atoms with E-state index in [4.69, 9.17) is 16.3 Å². The van der Waals surface area contributed by atoms with Gasteiger partial charge in [-0.2, -0.15) is 31.4 Å². The zero-order valence-electron chi connectivity index (χ0n) is 23.7. The van der Waals surface area contributed by atoms with E-state index < -0.39 is 42.2 Å². The molecule has 0 aliphatic heterocycles. The van der Waals surface area contributed by atoms with Crippen molar-refractivity contribution in [2.75, 3.05) is 23.9 Å². The molecule has 2 amide bonds. The van der Waals surface area contributed by atoms with Crippen molar-refractivity contribution in [1.82, 2.24) is 45.4 Å². The molecule has 1 aliphatic rings. The predicted molar refractivity (Wildman–Crippen MR) is 151 cm³/mol. The molecule has 0 saturated heterocycles. The summed E-state index contributed by atoms with van der Waals surface area (Å²) in [7, 11) is 1.41. The normalized spacial score (nSPS) is 17.0. The second kappa shape index (κ2) is 13.3. The number of urea groups is 1. The molecule has 46 heavy (non-hydrogen) atoms. The Morgan fingerprint density at radius 2 is 1.70 bits per heavy atom. The number of anilines is 2. The summed E-state index contributed by atoms with van der Waals surface area (Å²) in [6, 6.07) is -1.80. The number of ether oxygens (including phenoxy) is 1. The number of carbonyl (C=O) groups excluding carboxylic acids is 1. The first-order valence-electron chi connectivity index (χ1n) is 13.5. The van der Waals surface area contributed by atoms with E-state index in [1.807, 2.05) is 5.32 Å². The minimum Gasteiger partial charge on any atom is -0.467 e. The van der Waals surface area contributed by atoms with E-state index in [9.17, 15) is 31.1 Å². The summed E-state index contributed by atoms with van der Waals surface area (Å²) >= 11 is 6.00. The third kappa shape index (κ3) is 7.69. The van der Waals surface area contributed by atoms with Crippen molar-refractivity contribution < 1.29 is 35.9 Å². The summed E-state index contributed by atoms with van der Waals surface area (Å²) in [5, 5.41) is 11.0. The third-order valence-electron chi connectivity index (χ3n) is 6.96. The molecule has 5 rings (SSSR count). The van der Waals surface area contributed by atoms with Gasteiger partial charge in [-0.1, -0.05) is 11.6 Å². The first kappa shape index (κ1) is 32.6. The monoisotopic (exact) mass is 671 g/mol. The van der Waals surface area contributed by atoms with E-state index in [0.29, 0.717) is 43.1 Å². The predicted octanol–water partition coefficient (Wildman–Crippen LogP) is 5.30. The van der Waals surface area contributed by atoms with Crippen molar-refractivity contribution in [3.05, 3.63) is 47.8 Å². The molecule has 1 aliphatic carbocycles. The summed E-state index contributed by atoms with van der Waals surface area (Å²) < 4.78 is 84.6. The van der Waals surface area contributed by atoms with Gasteiger partial charge in [-0.05, 0) is 25.7 Å². The number of halogens is 7. The molecule has 244 valence electrons. The maximum atomic E-state index is 13.6. The smallest absolute Gasteiger partial charge is 0.420 e. The van der Waals surface area contributed by atoms with E-state index >= 15 is 0 Å². The van der Waals surface area contributed by atoms with Crippen molar-refractivity contribution in [3.63, 3.8) is 0 Å². The number of aromatic amines is 1. The van der Waals surface area contributed by atoms with Crippen LogP contribution in [0.25, 0.3) is 22.6 Å². The molecule has 0 aromatic carbocycles. The molecule has 0 unspecified atom stereocenters. The van der Waals surface area contributed by atoms with Gasteiger partial charge in [0.25, 0.3) is 0 Å². The van der Waals surface area contributed by atoms with E-state index in [1.54, 1.807) is 0 Å². The van der Waals surface area contributed by atoms with Gasteiger partial charge in [-0.15, -0.1) is 0 Å². The summed E-state index contributed by atoms with van der Waals surface area (Å²) in [4.78, 5) is 38.6. The SMILES string of the molecule is COc1ncc(-c2cnc(N(C(=O)NCC(F)(F)F)[C@H]3CC[C@H](Nc4ncc(C(F)(F)F)c(-c5n[nH]cc5Cl)n4)CC3)cn2)cn1. The van der Waals surface area contributed by atoms with Crippen LogP contribution in [-0.4, -0.2) is 78.0 Å². The van der Waals surface area contributed by atoms with Crippen molar-refractivity contribution in [3.8, 4) is 28.7 Å². The Kier molecular flexibility index (Phi) is 9.40. The van der Waals surface area contributed by atoms with Crippen LogP contribution >= 0.6 is 11.6 Å². The number of amides is 2. The van der Waals surface area contributed by atoms with Gasteiger partial charge in [0.05, 0.1) is 30.2 Å². The molecule has 1 saturated carbocycles. The summed E-state index contributed by atoms with van der Waals surface area (Å²) in [5.41, 5.74) is -0.997. The van der Waals surface area contributed by atoms with Crippen LogP contribution in [-0.2, 0) is 6.18 Å². The fourth-order valence-corrected chi connectivity index (χ4v) is 4.99. The molecule has 13 nitrogen and oxygen atoms in total. The lowest BCUT2D eigenvalue weighted by Crippen LogP contribution is -2.50. The molecule has 0 radical (unpaired) electrons. The van der Waals surface area contributed by atoms with Crippen LogP contribution in [0.5, 0.6) is 6.01 Å². The average molecular weight is 672 g/mol. The Morgan fingerprint density at radius 1 is 0.978 bits per heavy atom. The molecular weight excluding hydrogens is 648 g/mol. The Hall–Kier alpha value is -4.81. The van der Waals surface area contributed by atoms with Crippen molar-refractivity contribution in [2.45, 2.75) is 50.1 Å². The lowest BCUT2D eigenvalue weighted by Gasteiger charge is -2.36. The number of hydrogen-bond donors (Lipinski definition) is 3. The molecule has 4 heterocycles. The van der Waals surface area contributed by atoms with Crippen molar-refractivity contribution in [2.24, 2.45) is 0 Å². The highest BCUT2D eigenvalue weighted by atomic mass is 35.5. The van der Waals surface area contributed by atoms with Crippen molar-refractivity contribution >= 4 is 29.4 Å². The van der Waals surface area contributed by atoms with E-state index in [0.717, 1.165) is 4.90 Å². The molecule has 0 spiro atoms. The second-order valence-corrected chi connectivity index (χ2v) is 10.5. The molecular formula is C26H24ClF6N11O2. The maximum absolute atomic E-state index is 13.6. The molecule has 0 bridgehead atoms. The number of nitrogens with zero attached hydrogens (tertiary/aromatic N) is 8. The highest BCUT2D eigenvalue weighted by Gasteiger charge is 2.38. The molecule has 0 atom stereocenters. The number of hydrogen-bond acceptors (Lipinski definition) is 10. The van der Waals surface area contributed by atoms with Gasteiger partial charge < -0.3 is 15.4 Å². The molecule has 20 heteroatoms. The molecule has 4 aromatic rings. The largest absolute Gasteiger partial charge is 0.467 e. The Labute approximate surface area is 261 Å². The van der Waals surface area contributed by atoms with E-state index in [-0.39, 0.29) is 34.5 Å². The zero-order valence-corrected chi connectivity index (χ0v) is 24.5. The van der Waals surface area contributed by atoms with Crippen LogP contribution in [0.2, 0.25) is 5.02 Å². The lowest BCUT2D eigenvalue weighted by molar-refractivity contribution is -0.137. The average Bonchev–Trinajstić information content (AvgIpc) is 3.46. The Balaban J connectivity index is 1.32. The van der Waals surface area contributed by atoms with Gasteiger partial charge in [0.2, 0.25) is 5.95 Å². The number of H-pyrrole nitrogens is 1. The fourth-order valence-electron chi connectivity index (χ4n) is 4.81. The highest BCUT2D eigenvalue weighted by molar-refractivity contribution is 6.32. The minimum absolute atomic E-state index is 0.0147. The lowest BCUT2D eigenvalue weighted by atomic mass is 9.90. The summed E-state index contributed by atoms with van der Waals surface area (Å²) in [6.45, 7) is -1.55. The Bertz CT molecular complexity index is 1640. The minimum atomic E-state index is -4.77. The fraction of sp³-hybridized carbons (Fsp3) is 0.385. The quantitative estimate of drug-likeness (QED) is 0.210. The zero-order chi connectivity index (χ0) is 33.1. The van der Waals surface area contributed by atoms with Gasteiger partial charge in [-0.25, -0.2) is 29.7 Å². The summed E-state index contributed by atoms with van der Waals surface area (Å²) in [5.74, 6) is -0.0879. The van der Waals surface area contributed by atoms with Gasteiger partial charge in [0.15, 0.2) is 5.82 Å². The van der Waals surface area contributed by atoms with Crippen LogP contribution in [0, 0.1) is 0 Å². The van der Waals surface area contributed by atoms with E-state index in [2.05, 4.69) is 45.4 Å². The van der Waals surface area contributed by atoms with Gasteiger partial charge in [0.1, 0.15) is 23.5 Å². The van der Waals surface area contributed by atoms with Crippen LogP contribution < -0.4 is 20.3 Å².